The lowest BCUT2D eigenvalue weighted by Crippen LogP contribution is -2.44. The number of benzene rings is 2. The highest BCUT2D eigenvalue weighted by atomic mass is 19.1. The number of nitrogens with zero attached hydrogens (tertiary/aromatic N) is 5. The molecule has 10 heteroatoms. The van der Waals surface area contributed by atoms with E-state index < -0.39 is 0 Å². The molecule has 30 heavy (non-hydrogen) atoms. The number of anilines is 2. The van der Waals surface area contributed by atoms with E-state index in [2.05, 4.69) is 25.6 Å². The van der Waals surface area contributed by atoms with E-state index in [0.717, 1.165) is 11.3 Å². The number of carbonyl (C=O) groups excluding carboxylic acids is 1. The van der Waals surface area contributed by atoms with Crippen molar-refractivity contribution in [1.29, 1.82) is 0 Å². The minimum Gasteiger partial charge on any atom is -0.489 e. The maximum Gasteiger partial charge on any atom is 0.262 e. The van der Waals surface area contributed by atoms with Crippen molar-refractivity contribution in [3.8, 4) is 11.5 Å². The van der Waals surface area contributed by atoms with Crippen molar-refractivity contribution in [3.63, 3.8) is 0 Å². The lowest BCUT2D eigenvalue weighted by molar-refractivity contribution is -0.118. The first kappa shape index (κ1) is 18.3. The van der Waals surface area contributed by atoms with E-state index in [1.54, 1.807) is 13.1 Å². The molecule has 2 aliphatic heterocycles. The number of rotatable bonds is 4. The monoisotopic (exact) mass is 410 g/mol. The van der Waals surface area contributed by atoms with Crippen molar-refractivity contribution in [1.82, 2.24) is 20.2 Å². The SMILES string of the molecule is Cn1nnc(C[C@@H]2COc3cc(F)ccc3N2Cc2ccc3c(c2)NC(=O)CO3)n1. The molecule has 0 unspecified atom stereocenters. The Morgan fingerprint density at radius 1 is 1.20 bits per heavy atom. The number of halogens is 1. The first-order valence-corrected chi connectivity index (χ1v) is 9.52. The van der Waals surface area contributed by atoms with Gasteiger partial charge in [0.25, 0.3) is 5.91 Å². The smallest absolute Gasteiger partial charge is 0.262 e. The summed E-state index contributed by atoms with van der Waals surface area (Å²) in [5, 5.41) is 15.1. The highest BCUT2D eigenvalue weighted by Gasteiger charge is 2.30. The molecule has 154 valence electrons. The maximum atomic E-state index is 13.7. The van der Waals surface area contributed by atoms with Gasteiger partial charge in [0.05, 0.1) is 24.5 Å². The molecule has 0 bridgehead atoms. The van der Waals surface area contributed by atoms with Crippen LogP contribution in [-0.4, -0.2) is 45.4 Å². The topological polar surface area (TPSA) is 94.4 Å². The summed E-state index contributed by atoms with van der Waals surface area (Å²) in [7, 11) is 1.72. The van der Waals surface area contributed by atoms with Gasteiger partial charge in [-0.05, 0) is 35.0 Å². The van der Waals surface area contributed by atoms with E-state index in [1.807, 2.05) is 18.2 Å². The minimum atomic E-state index is -0.351. The van der Waals surface area contributed by atoms with Crippen molar-refractivity contribution in [2.24, 2.45) is 7.05 Å². The Morgan fingerprint density at radius 2 is 2.10 bits per heavy atom. The number of ether oxygens (including phenoxy) is 2. The van der Waals surface area contributed by atoms with Gasteiger partial charge in [-0.1, -0.05) is 6.07 Å². The van der Waals surface area contributed by atoms with Crippen molar-refractivity contribution in [2.75, 3.05) is 23.4 Å². The Balaban J connectivity index is 1.47. The van der Waals surface area contributed by atoms with E-state index in [-0.39, 0.29) is 24.4 Å². The standard InChI is InChI=1S/C20H19FN6O3/c1-26-24-19(23-25-26)8-14-10-29-18-7-13(21)3-4-16(18)27(14)9-12-2-5-17-15(6-12)22-20(28)11-30-17/h2-7,14H,8-11H2,1H3,(H,22,28)/t14-/m1/s1. The summed E-state index contributed by atoms with van der Waals surface area (Å²) in [6.07, 6.45) is 0.523. The fourth-order valence-corrected chi connectivity index (χ4v) is 3.74. The van der Waals surface area contributed by atoms with Crippen molar-refractivity contribution >= 4 is 17.3 Å². The molecule has 2 aliphatic rings. The van der Waals surface area contributed by atoms with Crippen LogP contribution in [0.25, 0.3) is 0 Å². The molecule has 1 amide bonds. The molecule has 0 saturated heterocycles. The number of aromatic nitrogens is 4. The van der Waals surface area contributed by atoms with Crippen molar-refractivity contribution in [3.05, 3.63) is 53.6 Å². The van der Waals surface area contributed by atoms with Gasteiger partial charge in [0.15, 0.2) is 12.4 Å². The van der Waals surface area contributed by atoms with Gasteiger partial charge in [-0.3, -0.25) is 4.79 Å². The average Bonchev–Trinajstić information content (AvgIpc) is 3.14. The lowest BCUT2D eigenvalue weighted by atomic mass is 10.1. The summed E-state index contributed by atoms with van der Waals surface area (Å²) in [4.78, 5) is 15.2. The van der Waals surface area contributed by atoms with Gasteiger partial charge in [-0.15, -0.1) is 10.2 Å². The Labute approximate surface area is 171 Å². The number of tetrazole rings is 1. The predicted octanol–water partition coefficient (Wildman–Crippen LogP) is 1.69. The van der Waals surface area contributed by atoms with E-state index in [4.69, 9.17) is 9.47 Å². The van der Waals surface area contributed by atoms with Gasteiger partial charge in [-0.25, -0.2) is 4.39 Å². The Bertz CT molecular complexity index is 1120. The molecule has 1 aromatic heterocycles. The average molecular weight is 410 g/mol. The van der Waals surface area contributed by atoms with Crippen LogP contribution in [0.15, 0.2) is 36.4 Å². The third kappa shape index (κ3) is 3.51. The van der Waals surface area contributed by atoms with E-state index in [9.17, 15) is 9.18 Å². The Morgan fingerprint density at radius 3 is 2.93 bits per heavy atom. The molecule has 0 fully saturated rings. The largest absolute Gasteiger partial charge is 0.489 e. The number of amides is 1. The van der Waals surface area contributed by atoms with Gasteiger partial charge in [0.2, 0.25) is 0 Å². The first-order chi connectivity index (χ1) is 14.5. The molecular formula is C20H19FN6O3. The van der Waals surface area contributed by atoms with E-state index in [0.29, 0.717) is 42.6 Å². The predicted molar refractivity (Wildman–Crippen MR) is 105 cm³/mol. The summed E-state index contributed by atoms with van der Waals surface area (Å²) in [5.41, 5.74) is 2.40. The summed E-state index contributed by atoms with van der Waals surface area (Å²) < 4.78 is 25.0. The van der Waals surface area contributed by atoms with Crippen LogP contribution in [-0.2, 0) is 24.8 Å². The molecule has 0 aliphatic carbocycles. The number of fused-ring (bicyclic) bond motifs is 2. The molecule has 5 rings (SSSR count). The van der Waals surface area contributed by atoms with Crippen LogP contribution < -0.4 is 19.7 Å². The van der Waals surface area contributed by atoms with Gasteiger partial charge >= 0.3 is 0 Å². The quantitative estimate of drug-likeness (QED) is 0.699. The van der Waals surface area contributed by atoms with Crippen LogP contribution in [0.3, 0.4) is 0 Å². The van der Waals surface area contributed by atoms with Crippen LogP contribution >= 0.6 is 0 Å². The lowest BCUT2D eigenvalue weighted by Gasteiger charge is -2.38. The zero-order valence-electron chi connectivity index (χ0n) is 16.2. The van der Waals surface area contributed by atoms with E-state index >= 15 is 0 Å². The Kier molecular flexibility index (Phi) is 4.46. The summed E-state index contributed by atoms with van der Waals surface area (Å²) in [5.74, 6) is 1.21. The second kappa shape index (κ2) is 7.29. The molecule has 2 aromatic carbocycles. The van der Waals surface area contributed by atoms with Crippen LogP contribution in [0.1, 0.15) is 11.4 Å². The normalized spacial score (nSPS) is 17.5. The highest BCUT2D eigenvalue weighted by Crippen LogP contribution is 2.37. The molecule has 1 atom stereocenters. The number of aryl methyl sites for hydroxylation is 1. The molecule has 0 spiro atoms. The fourth-order valence-electron chi connectivity index (χ4n) is 3.74. The van der Waals surface area contributed by atoms with Crippen LogP contribution in [0.4, 0.5) is 15.8 Å². The molecule has 3 heterocycles. The van der Waals surface area contributed by atoms with Crippen LogP contribution in [0.2, 0.25) is 0 Å². The molecule has 0 saturated carbocycles. The molecular weight excluding hydrogens is 391 g/mol. The fraction of sp³-hybridized carbons (Fsp3) is 0.300. The maximum absolute atomic E-state index is 13.7. The zero-order chi connectivity index (χ0) is 20.7. The number of hydrogen-bond donors (Lipinski definition) is 1. The molecule has 1 N–H and O–H groups in total. The first-order valence-electron chi connectivity index (χ1n) is 9.52. The second-order valence-corrected chi connectivity index (χ2v) is 7.27. The van der Waals surface area contributed by atoms with Gasteiger partial charge in [0, 0.05) is 19.0 Å². The Hall–Kier alpha value is -3.69. The van der Waals surface area contributed by atoms with Gasteiger partial charge in [-0.2, -0.15) is 4.80 Å². The number of hydrogen-bond acceptors (Lipinski definition) is 7. The minimum absolute atomic E-state index is 0.0158. The van der Waals surface area contributed by atoms with Crippen LogP contribution in [0.5, 0.6) is 11.5 Å². The van der Waals surface area contributed by atoms with Crippen molar-refractivity contribution in [2.45, 2.75) is 19.0 Å². The zero-order valence-corrected chi connectivity index (χ0v) is 16.2. The molecule has 3 aromatic rings. The summed E-state index contributed by atoms with van der Waals surface area (Å²) >= 11 is 0. The number of carbonyl (C=O) groups is 1. The summed E-state index contributed by atoms with van der Waals surface area (Å²) in [6.45, 7) is 0.900. The highest BCUT2D eigenvalue weighted by molar-refractivity contribution is 5.95. The summed E-state index contributed by atoms with van der Waals surface area (Å²) in [6, 6.07) is 10.1. The third-order valence-electron chi connectivity index (χ3n) is 5.10. The second-order valence-electron chi connectivity index (χ2n) is 7.27. The number of nitrogens with one attached hydrogen (secondary N) is 1. The van der Waals surface area contributed by atoms with E-state index in [1.165, 1.54) is 16.9 Å². The molecule has 9 nitrogen and oxygen atoms in total. The third-order valence-corrected chi connectivity index (χ3v) is 5.10. The van der Waals surface area contributed by atoms with Gasteiger partial charge in [0.1, 0.15) is 23.9 Å². The van der Waals surface area contributed by atoms with Gasteiger partial charge < -0.3 is 19.7 Å². The van der Waals surface area contributed by atoms with Crippen molar-refractivity contribution < 1.29 is 18.7 Å². The molecule has 0 radical (unpaired) electrons. The van der Waals surface area contributed by atoms with Crippen LogP contribution in [0, 0.1) is 5.82 Å².